The molecule has 2 heterocycles. The standard InChI is InChI=1S/C28H27F2N5O/c1-34(24-8-3-2-4-9-24)26-12-13-31-28(32-26)20-7-5-6-19(14-20)18-35-27(36)11-10-25(33-35)21-15-22(29)17-23(30)16-21/h5-7,10-17,24H,2-4,8-9,18H2,1H3. The molecular formula is C28H27F2N5O. The molecular weight excluding hydrogens is 460 g/mol. The molecule has 0 bridgehead atoms. The maximum Gasteiger partial charge on any atom is 0.267 e. The zero-order valence-corrected chi connectivity index (χ0v) is 20.1. The van der Waals surface area contributed by atoms with Crippen LogP contribution in [0.5, 0.6) is 0 Å². The first-order valence-electron chi connectivity index (χ1n) is 12.2. The van der Waals surface area contributed by atoms with Crippen LogP contribution in [0.2, 0.25) is 0 Å². The summed E-state index contributed by atoms with van der Waals surface area (Å²) in [5.41, 5.74) is 1.93. The second kappa shape index (κ2) is 10.4. The van der Waals surface area contributed by atoms with Gasteiger partial charge in [0.15, 0.2) is 5.82 Å². The molecule has 0 unspecified atom stereocenters. The molecule has 1 aliphatic carbocycles. The van der Waals surface area contributed by atoms with Crippen LogP contribution in [0.1, 0.15) is 37.7 Å². The average Bonchev–Trinajstić information content (AvgIpc) is 2.90. The second-order valence-electron chi connectivity index (χ2n) is 9.21. The van der Waals surface area contributed by atoms with Crippen LogP contribution in [0.4, 0.5) is 14.6 Å². The molecule has 184 valence electrons. The maximum atomic E-state index is 13.7. The molecule has 0 atom stereocenters. The summed E-state index contributed by atoms with van der Waals surface area (Å²) in [7, 11) is 2.09. The minimum atomic E-state index is -0.700. The third kappa shape index (κ3) is 5.32. The van der Waals surface area contributed by atoms with E-state index >= 15 is 0 Å². The molecule has 0 amide bonds. The van der Waals surface area contributed by atoms with E-state index in [1.807, 2.05) is 30.3 Å². The highest BCUT2D eigenvalue weighted by molar-refractivity contribution is 5.59. The molecule has 0 saturated heterocycles. The number of nitrogens with zero attached hydrogens (tertiary/aromatic N) is 5. The van der Waals surface area contributed by atoms with Gasteiger partial charge < -0.3 is 4.90 Å². The molecule has 0 radical (unpaired) electrons. The Morgan fingerprint density at radius 3 is 2.50 bits per heavy atom. The topological polar surface area (TPSA) is 63.9 Å². The normalized spacial score (nSPS) is 14.1. The van der Waals surface area contributed by atoms with Gasteiger partial charge in [0, 0.05) is 42.5 Å². The highest BCUT2D eigenvalue weighted by atomic mass is 19.1. The van der Waals surface area contributed by atoms with Crippen LogP contribution in [0.3, 0.4) is 0 Å². The monoisotopic (exact) mass is 487 g/mol. The number of aromatic nitrogens is 4. The van der Waals surface area contributed by atoms with Crippen molar-refractivity contribution in [2.75, 3.05) is 11.9 Å². The van der Waals surface area contributed by atoms with E-state index < -0.39 is 11.6 Å². The van der Waals surface area contributed by atoms with Crippen LogP contribution in [-0.4, -0.2) is 32.8 Å². The van der Waals surface area contributed by atoms with Crippen LogP contribution < -0.4 is 10.5 Å². The van der Waals surface area contributed by atoms with E-state index in [-0.39, 0.29) is 17.7 Å². The number of benzene rings is 2. The zero-order chi connectivity index (χ0) is 25.1. The number of hydrogen-bond acceptors (Lipinski definition) is 5. The van der Waals surface area contributed by atoms with Gasteiger partial charge in [0.25, 0.3) is 5.56 Å². The molecule has 2 aromatic carbocycles. The molecule has 0 N–H and O–H groups in total. The van der Waals surface area contributed by atoms with Gasteiger partial charge in [0.05, 0.1) is 12.2 Å². The van der Waals surface area contributed by atoms with Gasteiger partial charge in [0.2, 0.25) is 0 Å². The highest BCUT2D eigenvalue weighted by Crippen LogP contribution is 2.26. The Morgan fingerprint density at radius 2 is 1.72 bits per heavy atom. The lowest BCUT2D eigenvalue weighted by atomic mass is 9.94. The van der Waals surface area contributed by atoms with E-state index in [1.54, 1.807) is 6.20 Å². The number of hydrogen-bond donors (Lipinski definition) is 0. The molecule has 8 heteroatoms. The smallest absolute Gasteiger partial charge is 0.267 e. The maximum absolute atomic E-state index is 13.7. The number of anilines is 1. The Hall–Kier alpha value is -3.94. The first kappa shape index (κ1) is 23.8. The molecule has 5 rings (SSSR count). The third-order valence-corrected chi connectivity index (χ3v) is 6.67. The van der Waals surface area contributed by atoms with E-state index in [9.17, 15) is 13.6 Å². The van der Waals surface area contributed by atoms with E-state index in [4.69, 9.17) is 4.98 Å². The third-order valence-electron chi connectivity index (χ3n) is 6.67. The SMILES string of the molecule is CN(c1ccnc(-c2cccc(Cn3nc(-c4cc(F)cc(F)c4)ccc3=O)c2)n1)C1CCCCC1. The molecule has 2 aromatic heterocycles. The van der Waals surface area contributed by atoms with Gasteiger partial charge in [-0.05, 0) is 48.7 Å². The number of halogens is 2. The van der Waals surface area contributed by atoms with Crippen molar-refractivity contribution >= 4 is 5.82 Å². The average molecular weight is 488 g/mol. The largest absolute Gasteiger partial charge is 0.357 e. The summed E-state index contributed by atoms with van der Waals surface area (Å²) < 4.78 is 28.6. The Balaban J connectivity index is 1.40. The van der Waals surface area contributed by atoms with Crippen LogP contribution in [0, 0.1) is 11.6 Å². The molecule has 1 fully saturated rings. The minimum absolute atomic E-state index is 0.194. The van der Waals surface area contributed by atoms with Gasteiger partial charge in [-0.1, -0.05) is 37.5 Å². The summed E-state index contributed by atoms with van der Waals surface area (Å²) in [5.74, 6) is 0.105. The van der Waals surface area contributed by atoms with Gasteiger partial charge in [-0.15, -0.1) is 0 Å². The van der Waals surface area contributed by atoms with Crippen LogP contribution in [0.25, 0.3) is 22.6 Å². The van der Waals surface area contributed by atoms with Gasteiger partial charge in [-0.3, -0.25) is 4.79 Å². The molecule has 0 aliphatic heterocycles. The zero-order valence-electron chi connectivity index (χ0n) is 20.1. The van der Waals surface area contributed by atoms with E-state index in [0.29, 0.717) is 17.6 Å². The predicted octanol–water partition coefficient (Wildman–Crippen LogP) is 5.46. The Labute approximate surface area is 208 Å². The minimum Gasteiger partial charge on any atom is -0.357 e. The second-order valence-corrected chi connectivity index (χ2v) is 9.21. The van der Waals surface area contributed by atoms with Crippen molar-refractivity contribution in [3.05, 3.63) is 94.4 Å². The highest BCUT2D eigenvalue weighted by Gasteiger charge is 2.19. The quantitative estimate of drug-likeness (QED) is 0.361. The lowest BCUT2D eigenvalue weighted by Crippen LogP contribution is -2.33. The van der Waals surface area contributed by atoms with E-state index in [2.05, 4.69) is 22.0 Å². The Morgan fingerprint density at radius 1 is 0.944 bits per heavy atom. The lowest BCUT2D eigenvalue weighted by Gasteiger charge is -2.32. The molecule has 0 spiro atoms. The lowest BCUT2D eigenvalue weighted by molar-refractivity contribution is 0.426. The molecule has 4 aromatic rings. The fourth-order valence-electron chi connectivity index (χ4n) is 4.74. The molecule has 1 aliphatic rings. The molecule has 1 saturated carbocycles. The number of rotatable bonds is 6. The van der Waals surface area contributed by atoms with Crippen LogP contribution in [0.15, 0.2) is 71.7 Å². The Bertz CT molecular complexity index is 1410. The molecule has 6 nitrogen and oxygen atoms in total. The van der Waals surface area contributed by atoms with Crippen molar-refractivity contribution in [2.24, 2.45) is 0 Å². The first-order chi connectivity index (χ1) is 17.5. The van der Waals surface area contributed by atoms with Gasteiger partial charge in [0.1, 0.15) is 17.5 Å². The van der Waals surface area contributed by atoms with Crippen LogP contribution >= 0.6 is 0 Å². The van der Waals surface area contributed by atoms with Gasteiger partial charge in [-0.2, -0.15) is 5.10 Å². The van der Waals surface area contributed by atoms with Crippen molar-refractivity contribution < 1.29 is 8.78 Å². The van der Waals surface area contributed by atoms with Crippen molar-refractivity contribution in [2.45, 2.75) is 44.7 Å². The van der Waals surface area contributed by atoms with E-state index in [0.717, 1.165) is 23.0 Å². The fraction of sp³-hybridized carbons (Fsp3) is 0.286. The van der Waals surface area contributed by atoms with Crippen molar-refractivity contribution in [3.8, 4) is 22.6 Å². The van der Waals surface area contributed by atoms with E-state index in [1.165, 1.54) is 61.1 Å². The summed E-state index contributed by atoms with van der Waals surface area (Å²) in [4.78, 5) is 24.0. The van der Waals surface area contributed by atoms with Crippen molar-refractivity contribution in [3.63, 3.8) is 0 Å². The van der Waals surface area contributed by atoms with Gasteiger partial charge in [-0.25, -0.2) is 23.4 Å². The van der Waals surface area contributed by atoms with Gasteiger partial charge >= 0.3 is 0 Å². The van der Waals surface area contributed by atoms with Crippen molar-refractivity contribution in [1.82, 2.24) is 19.7 Å². The predicted molar refractivity (Wildman–Crippen MR) is 136 cm³/mol. The summed E-state index contributed by atoms with van der Waals surface area (Å²) in [6.45, 7) is 0.194. The van der Waals surface area contributed by atoms with Crippen molar-refractivity contribution in [1.29, 1.82) is 0 Å². The first-order valence-corrected chi connectivity index (χ1v) is 12.2. The summed E-state index contributed by atoms with van der Waals surface area (Å²) in [5, 5.41) is 4.34. The Kier molecular flexibility index (Phi) is 6.84. The summed E-state index contributed by atoms with van der Waals surface area (Å²) >= 11 is 0. The van der Waals surface area contributed by atoms with Crippen LogP contribution in [-0.2, 0) is 6.54 Å². The summed E-state index contributed by atoms with van der Waals surface area (Å²) in [6.07, 6.45) is 7.92. The summed E-state index contributed by atoms with van der Waals surface area (Å²) in [6, 6.07) is 16.1. The molecule has 36 heavy (non-hydrogen) atoms. The fourth-order valence-corrected chi connectivity index (χ4v) is 4.74.